The molecule has 3 N–H and O–H groups in total. The first-order chi connectivity index (χ1) is 7.15. The fourth-order valence-corrected chi connectivity index (χ4v) is 1.04. The molecule has 0 aliphatic carbocycles. The summed E-state index contributed by atoms with van der Waals surface area (Å²) < 4.78 is 5.05. The number of hydrogen-bond acceptors (Lipinski definition) is 4. The number of furan rings is 1. The highest BCUT2D eigenvalue weighted by Gasteiger charge is 2.13. The monoisotopic (exact) mass is 212 g/mol. The Labute approximate surface area is 86.3 Å². The van der Waals surface area contributed by atoms with Gasteiger partial charge >= 0.3 is 0 Å². The lowest BCUT2D eigenvalue weighted by molar-refractivity contribution is -0.124. The second kappa shape index (κ2) is 5.16. The molecule has 6 heteroatoms. The topological polar surface area (TPSA) is 94.6 Å². The van der Waals surface area contributed by atoms with Gasteiger partial charge in [-0.1, -0.05) is 6.92 Å². The summed E-state index contributed by atoms with van der Waals surface area (Å²) in [5.41, 5.74) is 7.30. The molecule has 0 aromatic carbocycles. The van der Waals surface area contributed by atoms with Gasteiger partial charge in [-0.05, 0) is 6.07 Å². The normalized spacial score (nSPS) is 9.93. The molecule has 0 atom stereocenters. The van der Waals surface area contributed by atoms with E-state index in [2.05, 4.69) is 10.3 Å². The molecule has 0 saturated heterocycles. The molecule has 0 fully saturated rings. The number of nitrogens with two attached hydrogens (primary N) is 1. The van der Waals surface area contributed by atoms with Crippen molar-refractivity contribution in [2.24, 2.45) is 5.73 Å². The molecule has 0 bridgehead atoms. The maximum absolute atomic E-state index is 11.4. The smallest absolute Gasteiger partial charge is 0.278 e. The van der Waals surface area contributed by atoms with E-state index in [-0.39, 0.29) is 6.61 Å². The largest absolute Gasteiger partial charge is 0.469 e. The van der Waals surface area contributed by atoms with Crippen LogP contribution in [0.2, 0.25) is 0 Å². The average molecular weight is 212 g/mol. The van der Waals surface area contributed by atoms with Crippen LogP contribution in [0, 0.1) is 0 Å². The van der Waals surface area contributed by atoms with E-state index < -0.39 is 11.8 Å². The Morgan fingerprint density at radius 2 is 2.33 bits per heavy atom. The van der Waals surface area contributed by atoms with E-state index in [0.29, 0.717) is 17.7 Å². The number of carbonyl (C=O) groups is 2. The highest BCUT2D eigenvalue weighted by atomic mass is 16.7. The summed E-state index contributed by atoms with van der Waals surface area (Å²) in [4.78, 5) is 26.3. The minimum Gasteiger partial charge on any atom is -0.469 e. The quantitative estimate of drug-likeness (QED) is 0.671. The number of primary amides is 1. The second-order valence-corrected chi connectivity index (χ2v) is 2.80. The summed E-state index contributed by atoms with van der Waals surface area (Å²) in [6, 6.07) is 1.53. The summed E-state index contributed by atoms with van der Waals surface area (Å²) in [5.74, 6) is -0.546. The van der Waals surface area contributed by atoms with Crippen LogP contribution in [-0.4, -0.2) is 18.4 Å². The van der Waals surface area contributed by atoms with Crippen molar-refractivity contribution >= 4 is 11.8 Å². The second-order valence-electron chi connectivity index (χ2n) is 2.80. The number of carbonyl (C=O) groups excluding carboxylic acids is 2. The summed E-state index contributed by atoms with van der Waals surface area (Å²) >= 11 is 0. The lowest BCUT2D eigenvalue weighted by Crippen LogP contribution is -2.29. The van der Waals surface area contributed by atoms with Gasteiger partial charge in [0.1, 0.15) is 5.76 Å². The highest BCUT2D eigenvalue weighted by molar-refractivity contribution is 5.94. The zero-order valence-corrected chi connectivity index (χ0v) is 8.28. The summed E-state index contributed by atoms with van der Waals surface area (Å²) in [6.45, 7) is 1.50. The van der Waals surface area contributed by atoms with E-state index in [0.717, 1.165) is 0 Å². The minimum atomic E-state index is -0.654. The number of amides is 2. The van der Waals surface area contributed by atoms with Crippen molar-refractivity contribution < 1.29 is 18.8 Å². The van der Waals surface area contributed by atoms with Crippen LogP contribution in [0.4, 0.5) is 0 Å². The van der Waals surface area contributed by atoms with Gasteiger partial charge < -0.3 is 10.2 Å². The molecule has 6 nitrogen and oxygen atoms in total. The summed E-state index contributed by atoms with van der Waals surface area (Å²) in [7, 11) is 0. The Kier molecular flexibility index (Phi) is 3.87. The Bertz CT molecular complexity index is 359. The number of hydrogen-bond donors (Lipinski definition) is 2. The van der Waals surface area contributed by atoms with Crippen molar-refractivity contribution in [3.05, 3.63) is 23.7 Å². The SMILES string of the molecule is CCc1occc1C(=O)NOCC(N)=O. The van der Waals surface area contributed by atoms with Crippen LogP contribution in [0.25, 0.3) is 0 Å². The first-order valence-corrected chi connectivity index (χ1v) is 4.42. The van der Waals surface area contributed by atoms with Crippen molar-refractivity contribution in [3.63, 3.8) is 0 Å². The van der Waals surface area contributed by atoms with Gasteiger partial charge in [0.05, 0.1) is 11.8 Å². The van der Waals surface area contributed by atoms with Crippen LogP contribution in [0.3, 0.4) is 0 Å². The van der Waals surface area contributed by atoms with Crippen LogP contribution >= 0.6 is 0 Å². The average Bonchev–Trinajstić information content (AvgIpc) is 2.64. The Hall–Kier alpha value is -1.82. The highest BCUT2D eigenvalue weighted by Crippen LogP contribution is 2.10. The van der Waals surface area contributed by atoms with E-state index in [4.69, 9.17) is 10.2 Å². The van der Waals surface area contributed by atoms with E-state index in [1.165, 1.54) is 12.3 Å². The molecule has 15 heavy (non-hydrogen) atoms. The molecule has 0 unspecified atom stereocenters. The lowest BCUT2D eigenvalue weighted by atomic mass is 10.2. The van der Waals surface area contributed by atoms with Crippen LogP contribution in [-0.2, 0) is 16.1 Å². The third-order valence-electron chi connectivity index (χ3n) is 1.69. The van der Waals surface area contributed by atoms with Crippen LogP contribution in [0.15, 0.2) is 16.7 Å². The van der Waals surface area contributed by atoms with Crippen molar-refractivity contribution in [3.8, 4) is 0 Å². The fraction of sp³-hybridized carbons (Fsp3) is 0.333. The van der Waals surface area contributed by atoms with Crippen LogP contribution in [0.5, 0.6) is 0 Å². The molecular weight excluding hydrogens is 200 g/mol. The van der Waals surface area contributed by atoms with Gasteiger partial charge in [0, 0.05) is 6.42 Å². The number of rotatable bonds is 5. The minimum absolute atomic E-state index is 0.356. The van der Waals surface area contributed by atoms with Crippen molar-refractivity contribution in [2.45, 2.75) is 13.3 Å². The first-order valence-electron chi connectivity index (χ1n) is 4.42. The predicted molar refractivity (Wildman–Crippen MR) is 50.7 cm³/mol. The molecule has 0 saturated carbocycles. The van der Waals surface area contributed by atoms with Crippen molar-refractivity contribution in [2.75, 3.05) is 6.61 Å². The molecule has 2 amide bonds. The standard InChI is InChI=1S/C9H12N2O4/c1-2-7-6(3-4-14-7)9(13)11-15-5-8(10)12/h3-4H,2,5H2,1H3,(H2,10,12)(H,11,13). The van der Waals surface area contributed by atoms with Gasteiger partial charge in [-0.2, -0.15) is 0 Å². The zero-order chi connectivity index (χ0) is 11.3. The fourth-order valence-electron chi connectivity index (χ4n) is 1.04. The molecule has 0 radical (unpaired) electrons. The first kappa shape index (κ1) is 11.3. The summed E-state index contributed by atoms with van der Waals surface area (Å²) in [5, 5.41) is 0. The van der Waals surface area contributed by atoms with E-state index in [9.17, 15) is 9.59 Å². The number of nitrogens with one attached hydrogen (secondary N) is 1. The van der Waals surface area contributed by atoms with Gasteiger partial charge in [0.2, 0.25) is 5.91 Å². The molecule has 0 spiro atoms. The van der Waals surface area contributed by atoms with Gasteiger partial charge in [-0.15, -0.1) is 0 Å². The Morgan fingerprint density at radius 3 is 2.93 bits per heavy atom. The molecule has 1 aromatic heterocycles. The van der Waals surface area contributed by atoms with E-state index in [1.807, 2.05) is 6.92 Å². The van der Waals surface area contributed by atoms with Crippen molar-refractivity contribution in [1.29, 1.82) is 0 Å². The number of hydroxylamine groups is 1. The van der Waals surface area contributed by atoms with Gasteiger partial charge in [0.25, 0.3) is 5.91 Å². The maximum Gasteiger partial charge on any atom is 0.278 e. The van der Waals surface area contributed by atoms with E-state index >= 15 is 0 Å². The molecule has 1 aromatic rings. The van der Waals surface area contributed by atoms with Crippen LogP contribution < -0.4 is 11.2 Å². The molecule has 0 aliphatic heterocycles. The zero-order valence-electron chi connectivity index (χ0n) is 8.28. The summed E-state index contributed by atoms with van der Waals surface area (Å²) in [6.07, 6.45) is 2.02. The Morgan fingerprint density at radius 1 is 1.60 bits per heavy atom. The van der Waals surface area contributed by atoms with Gasteiger partial charge in [-0.25, -0.2) is 5.48 Å². The van der Waals surface area contributed by atoms with Crippen molar-refractivity contribution in [1.82, 2.24) is 5.48 Å². The third kappa shape index (κ3) is 3.10. The maximum atomic E-state index is 11.4. The molecule has 1 heterocycles. The van der Waals surface area contributed by atoms with Crippen LogP contribution in [0.1, 0.15) is 23.0 Å². The van der Waals surface area contributed by atoms with Gasteiger partial charge in [-0.3, -0.25) is 14.4 Å². The molecule has 82 valence electrons. The molecule has 0 aliphatic rings. The molecule has 1 rings (SSSR count). The predicted octanol–water partition coefficient (Wildman–Crippen LogP) is -0.0113. The molecular formula is C9H12N2O4. The lowest BCUT2D eigenvalue weighted by Gasteiger charge is -2.03. The third-order valence-corrected chi connectivity index (χ3v) is 1.69. The van der Waals surface area contributed by atoms with E-state index in [1.54, 1.807) is 0 Å². The van der Waals surface area contributed by atoms with Gasteiger partial charge in [0.15, 0.2) is 6.61 Å². The number of aryl methyl sites for hydroxylation is 1. The Balaban J connectivity index is 2.50.